The van der Waals surface area contributed by atoms with Crippen LogP contribution in [0.5, 0.6) is 0 Å². The molecule has 0 atom stereocenters. The Morgan fingerprint density at radius 3 is 2.17 bits per heavy atom. The summed E-state index contributed by atoms with van der Waals surface area (Å²) in [4.78, 5) is 30.2. The number of nitrogens with zero attached hydrogens (tertiary/aromatic N) is 3. The first-order valence-corrected chi connectivity index (χ1v) is 9.08. The van der Waals surface area contributed by atoms with E-state index in [1.165, 1.54) is 10.9 Å². The molecule has 1 N–H and O–H groups in total. The molecule has 2 aromatic carbocycles. The van der Waals surface area contributed by atoms with Crippen LogP contribution in [0.4, 0.5) is 5.69 Å². The van der Waals surface area contributed by atoms with E-state index in [1.807, 2.05) is 60.7 Å². The zero-order chi connectivity index (χ0) is 20.2. The van der Waals surface area contributed by atoms with E-state index in [0.29, 0.717) is 16.9 Å². The standard InChI is InChI=1S/C23H18N4O2/c1-27-23(29)20(22(28)25-18-13-8-14-24-15-18)19(16-9-4-2-5-10-16)21(26-27)17-11-6-3-7-12-17/h2-15H,1H3,(H,25,28). The highest BCUT2D eigenvalue weighted by Crippen LogP contribution is 2.32. The molecule has 2 heterocycles. The molecule has 0 aliphatic carbocycles. The minimum atomic E-state index is -0.503. The van der Waals surface area contributed by atoms with Crippen LogP contribution in [0.25, 0.3) is 22.4 Å². The van der Waals surface area contributed by atoms with Gasteiger partial charge in [0.2, 0.25) is 0 Å². The molecule has 0 aliphatic rings. The molecule has 0 bridgehead atoms. The van der Waals surface area contributed by atoms with Gasteiger partial charge in [0.1, 0.15) is 5.56 Å². The Bertz CT molecular complexity index is 1200. The van der Waals surface area contributed by atoms with Gasteiger partial charge in [-0.05, 0) is 17.7 Å². The Balaban J connectivity index is 1.97. The predicted octanol–water partition coefficient (Wildman–Crippen LogP) is 3.76. The van der Waals surface area contributed by atoms with Gasteiger partial charge in [-0.1, -0.05) is 60.7 Å². The zero-order valence-corrected chi connectivity index (χ0v) is 15.7. The number of benzene rings is 2. The SMILES string of the molecule is Cn1nc(-c2ccccc2)c(-c2ccccc2)c(C(=O)Nc2cccnc2)c1=O. The zero-order valence-electron chi connectivity index (χ0n) is 15.7. The number of nitrogens with one attached hydrogen (secondary N) is 1. The van der Waals surface area contributed by atoms with E-state index in [1.54, 1.807) is 25.4 Å². The largest absolute Gasteiger partial charge is 0.320 e. The topological polar surface area (TPSA) is 76.9 Å². The number of amides is 1. The fourth-order valence-corrected chi connectivity index (χ4v) is 3.16. The van der Waals surface area contributed by atoms with Gasteiger partial charge in [-0.2, -0.15) is 5.10 Å². The van der Waals surface area contributed by atoms with Crippen LogP contribution >= 0.6 is 0 Å². The number of carbonyl (C=O) groups excluding carboxylic acids is 1. The lowest BCUT2D eigenvalue weighted by atomic mass is 9.95. The lowest BCUT2D eigenvalue weighted by Gasteiger charge is -2.16. The van der Waals surface area contributed by atoms with Crippen molar-refractivity contribution in [3.63, 3.8) is 0 Å². The van der Waals surface area contributed by atoms with E-state index in [-0.39, 0.29) is 5.56 Å². The Hall–Kier alpha value is -4.06. The number of carbonyl (C=O) groups is 1. The molecule has 4 rings (SSSR count). The molecule has 0 aliphatic heterocycles. The van der Waals surface area contributed by atoms with Crippen molar-refractivity contribution < 1.29 is 4.79 Å². The van der Waals surface area contributed by atoms with Crippen molar-refractivity contribution in [2.24, 2.45) is 7.05 Å². The number of aromatic nitrogens is 3. The van der Waals surface area contributed by atoms with Crippen LogP contribution in [0.1, 0.15) is 10.4 Å². The minimum absolute atomic E-state index is 0.0383. The summed E-state index contributed by atoms with van der Waals surface area (Å²) in [7, 11) is 1.55. The highest BCUT2D eigenvalue weighted by atomic mass is 16.2. The van der Waals surface area contributed by atoms with Gasteiger partial charge in [-0.3, -0.25) is 14.6 Å². The molecule has 29 heavy (non-hydrogen) atoms. The predicted molar refractivity (Wildman–Crippen MR) is 113 cm³/mol. The number of rotatable bonds is 4. The molecular weight excluding hydrogens is 364 g/mol. The van der Waals surface area contributed by atoms with Crippen LogP contribution in [-0.4, -0.2) is 20.7 Å². The maximum Gasteiger partial charge on any atom is 0.280 e. The van der Waals surface area contributed by atoms with Gasteiger partial charge >= 0.3 is 0 Å². The van der Waals surface area contributed by atoms with Crippen LogP contribution < -0.4 is 10.9 Å². The summed E-state index contributed by atoms with van der Waals surface area (Å²) in [6, 6.07) is 22.3. The Labute approximate surface area is 167 Å². The van der Waals surface area contributed by atoms with Crippen molar-refractivity contribution in [1.82, 2.24) is 14.8 Å². The Morgan fingerprint density at radius 2 is 1.55 bits per heavy atom. The molecule has 0 radical (unpaired) electrons. The minimum Gasteiger partial charge on any atom is -0.320 e. The third kappa shape index (κ3) is 3.68. The maximum atomic E-state index is 13.2. The lowest BCUT2D eigenvalue weighted by Crippen LogP contribution is -2.31. The summed E-state index contributed by atoms with van der Waals surface area (Å²) in [5.74, 6) is -0.503. The van der Waals surface area contributed by atoms with E-state index in [0.717, 1.165) is 11.1 Å². The first kappa shape index (κ1) is 18.3. The number of pyridine rings is 1. The van der Waals surface area contributed by atoms with Gasteiger partial charge in [-0.15, -0.1) is 0 Å². The molecule has 6 heteroatoms. The third-order valence-corrected chi connectivity index (χ3v) is 4.50. The first-order chi connectivity index (χ1) is 14.1. The Kier molecular flexibility index (Phi) is 4.99. The molecule has 0 spiro atoms. The van der Waals surface area contributed by atoms with Crippen molar-refractivity contribution in [2.75, 3.05) is 5.32 Å². The van der Waals surface area contributed by atoms with Gasteiger partial charge in [0, 0.05) is 24.4 Å². The van der Waals surface area contributed by atoms with Gasteiger partial charge in [0.15, 0.2) is 0 Å². The number of anilines is 1. The van der Waals surface area contributed by atoms with Crippen molar-refractivity contribution >= 4 is 11.6 Å². The average molecular weight is 382 g/mol. The van der Waals surface area contributed by atoms with Crippen LogP contribution in [0.3, 0.4) is 0 Å². The summed E-state index contributed by atoms with van der Waals surface area (Å²) in [6.07, 6.45) is 3.15. The third-order valence-electron chi connectivity index (χ3n) is 4.50. The molecule has 6 nitrogen and oxygen atoms in total. The van der Waals surface area contributed by atoms with Gasteiger partial charge in [0.05, 0.1) is 17.6 Å². The highest BCUT2D eigenvalue weighted by molar-refractivity contribution is 6.10. The quantitative estimate of drug-likeness (QED) is 0.583. The Morgan fingerprint density at radius 1 is 0.897 bits per heavy atom. The number of hydrogen-bond acceptors (Lipinski definition) is 4. The van der Waals surface area contributed by atoms with Crippen LogP contribution in [0.2, 0.25) is 0 Å². The van der Waals surface area contributed by atoms with Gasteiger partial charge in [0.25, 0.3) is 11.5 Å². The molecule has 142 valence electrons. The van der Waals surface area contributed by atoms with Gasteiger partial charge < -0.3 is 5.32 Å². The number of aryl methyl sites for hydroxylation is 1. The summed E-state index contributed by atoms with van der Waals surface area (Å²) >= 11 is 0. The molecule has 4 aromatic rings. The average Bonchev–Trinajstić information content (AvgIpc) is 2.77. The van der Waals surface area contributed by atoms with Crippen molar-refractivity contribution in [3.05, 3.63) is 101 Å². The summed E-state index contributed by atoms with van der Waals surface area (Å²) < 4.78 is 1.20. The van der Waals surface area contributed by atoms with E-state index in [4.69, 9.17) is 0 Å². The van der Waals surface area contributed by atoms with Crippen LogP contribution in [-0.2, 0) is 7.05 Å². The molecule has 0 saturated carbocycles. The summed E-state index contributed by atoms with van der Waals surface area (Å²) in [6.45, 7) is 0. The van der Waals surface area contributed by atoms with E-state index >= 15 is 0 Å². The molecule has 1 amide bonds. The van der Waals surface area contributed by atoms with Crippen LogP contribution in [0, 0.1) is 0 Å². The fourth-order valence-electron chi connectivity index (χ4n) is 3.16. The second kappa shape index (κ2) is 7.90. The molecule has 0 unspecified atom stereocenters. The summed E-state index contributed by atoms with van der Waals surface area (Å²) in [5.41, 5.74) is 2.71. The highest BCUT2D eigenvalue weighted by Gasteiger charge is 2.24. The lowest BCUT2D eigenvalue weighted by molar-refractivity contribution is 0.102. The monoisotopic (exact) mass is 382 g/mol. The van der Waals surface area contributed by atoms with E-state index in [9.17, 15) is 9.59 Å². The number of hydrogen-bond donors (Lipinski definition) is 1. The maximum absolute atomic E-state index is 13.2. The van der Waals surface area contributed by atoms with E-state index in [2.05, 4.69) is 15.4 Å². The first-order valence-electron chi connectivity index (χ1n) is 9.08. The van der Waals surface area contributed by atoms with Crippen molar-refractivity contribution in [1.29, 1.82) is 0 Å². The van der Waals surface area contributed by atoms with Crippen molar-refractivity contribution in [2.45, 2.75) is 0 Å². The normalized spacial score (nSPS) is 10.5. The van der Waals surface area contributed by atoms with Crippen LogP contribution in [0.15, 0.2) is 90.0 Å². The molecule has 0 saturated heterocycles. The molecular formula is C23H18N4O2. The van der Waals surface area contributed by atoms with E-state index < -0.39 is 11.5 Å². The molecule has 2 aromatic heterocycles. The summed E-state index contributed by atoms with van der Waals surface area (Å²) in [5, 5.41) is 7.25. The fraction of sp³-hybridized carbons (Fsp3) is 0.0435. The second-order valence-corrected chi connectivity index (χ2v) is 6.46. The molecule has 0 fully saturated rings. The smallest absolute Gasteiger partial charge is 0.280 e. The van der Waals surface area contributed by atoms with Crippen molar-refractivity contribution in [3.8, 4) is 22.4 Å². The second-order valence-electron chi connectivity index (χ2n) is 6.46. The van der Waals surface area contributed by atoms with Gasteiger partial charge in [-0.25, -0.2) is 4.68 Å².